The first-order chi connectivity index (χ1) is 13.5. The summed E-state index contributed by atoms with van der Waals surface area (Å²) in [5.74, 6) is -0.537. The Morgan fingerprint density at radius 2 is 1.79 bits per heavy atom. The average Bonchev–Trinajstić information content (AvgIpc) is 2.99. The van der Waals surface area contributed by atoms with Gasteiger partial charge in [0.2, 0.25) is 0 Å². The third-order valence-corrected chi connectivity index (χ3v) is 5.46. The molecule has 0 unspecified atom stereocenters. The van der Waals surface area contributed by atoms with E-state index in [4.69, 9.17) is 0 Å². The maximum absolute atomic E-state index is 13.6. The lowest BCUT2D eigenvalue weighted by atomic mass is 10.1. The van der Waals surface area contributed by atoms with Crippen LogP contribution in [0.1, 0.15) is 43.3 Å². The summed E-state index contributed by atoms with van der Waals surface area (Å²) < 4.78 is 29.2. The van der Waals surface area contributed by atoms with E-state index in [0.29, 0.717) is 17.3 Å². The fourth-order valence-electron chi connectivity index (χ4n) is 3.03. The van der Waals surface area contributed by atoms with Crippen molar-refractivity contribution in [3.63, 3.8) is 0 Å². The zero-order chi connectivity index (χ0) is 20.1. The predicted molar refractivity (Wildman–Crippen MR) is 105 cm³/mol. The molecule has 0 saturated carbocycles. The Kier molecular flexibility index (Phi) is 6.80. The van der Waals surface area contributed by atoms with Crippen molar-refractivity contribution in [2.45, 2.75) is 55.7 Å². The van der Waals surface area contributed by atoms with E-state index in [-0.39, 0.29) is 12.5 Å². The Balaban J connectivity index is 1.88. The van der Waals surface area contributed by atoms with Crippen LogP contribution < -0.4 is 0 Å². The topological polar surface area (TPSA) is 50.9 Å². The average molecular weight is 403 g/mol. The van der Waals surface area contributed by atoms with Crippen molar-refractivity contribution in [2.75, 3.05) is 0 Å². The van der Waals surface area contributed by atoms with Gasteiger partial charge >= 0.3 is 0 Å². The monoisotopic (exact) mass is 403 g/mol. The molecule has 2 heterocycles. The van der Waals surface area contributed by atoms with Crippen LogP contribution in [0.4, 0.5) is 8.78 Å². The minimum absolute atomic E-state index is 0.118. The number of nitrogens with zero attached hydrogens (tertiary/aromatic N) is 3. The summed E-state index contributed by atoms with van der Waals surface area (Å²) in [7, 11) is 0. The van der Waals surface area contributed by atoms with E-state index in [1.807, 2.05) is 30.5 Å². The molecule has 0 aliphatic rings. The first-order valence-corrected chi connectivity index (χ1v) is 10.0. The number of aliphatic hydroxyl groups excluding tert-OH is 1. The van der Waals surface area contributed by atoms with Gasteiger partial charge in [-0.25, -0.2) is 13.8 Å². The minimum atomic E-state index is -0.611. The number of rotatable bonds is 8. The van der Waals surface area contributed by atoms with E-state index < -0.39 is 11.6 Å². The molecule has 0 radical (unpaired) electrons. The van der Waals surface area contributed by atoms with Crippen LogP contribution in [0.3, 0.4) is 0 Å². The molecule has 7 heteroatoms. The van der Waals surface area contributed by atoms with Gasteiger partial charge in [0.25, 0.3) is 0 Å². The number of imidazole rings is 1. The molecule has 0 bridgehead atoms. The molecular formula is C21H23F2N3OS. The quantitative estimate of drug-likeness (QED) is 0.578. The SMILES string of the molecule is CC(C)c1nc(CO)n(CCCc2ccncc2)c1Sc1cc(F)cc(F)c1. The summed E-state index contributed by atoms with van der Waals surface area (Å²) in [5.41, 5.74) is 2.01. The first kappa shape index (κ1) is 20.5. The first-order valence-electron chi connectivity index (χ1n) is 9.21. The summed E-state index contributed by atoms with van der Waals surface area (Å²) in [6, 6.07) is 7.44. The molecule has 0 aliphatic carbocycles. The van der Waals surface area contributed by atoms with E-state index in [2.05, 4.69) is 9.97 Å². The van der Waals surface area contributed by atoms with Crippen molar-refractivity contribution in [3.8, 4) is 0 Å². The van der Waals surface area contributed by atoms with Gasteiger partial charge in [0.05, 0.1) is 5.69 Å². The van der Waals surface area contributed by atoms with Gasteiger partial charge in [-0.3, -0.25) is 4.98 Å². The Morgan fingerprint density at radius 3 is 2.39 bits per heavy atom. The number of aromatic nitrogens is 3. The van der Waals surface area contributed by atoms with E-state index >= 15 is 0 Å². The van der Waals surface area contributed by atoms with E-state index in [1.54, 1.807) is 12.4 Å². The van der Waals surface area contributed by atoms with E-state index in [0.717, 1.165) is 29.6 Å². The van der Waals surface area contributed by atoms with Crippen LogP contribution >= 0.6 is 11.8 Å². The fourth-order valence-corrected chi connectivity index (χ4v) is 4.29. The standard InChI is InChI=1S/C21H23F2N3OS/c1-14(2)20-21(28-18-11-16(22)10-17(23)12-18)26(19(13-27)25-20)9-3-4-15-5-7-24-8-6-15/h5-8,10-12,14,27H,3-4,9,13H2,1-2H3. The number of aryl methyl sites for hydroxylation is 1. The lowest BCUT2D eigenvalue weighted by molar-refractivity contribution is 0.263. The highest BCUT2D eigenvalue weighted by Gasteiger charge is 2.20. The molecular weight excluding hydrogens is 380 g/mol. The lowest BCUT2D eigenvalue weighted by Crippen LogP contribution is -2.06. The summed E-state index contributed by atoms with van der Waals surface area (Å²) in [6.45, 7) is 4.49. The molecule has 0 fully saturated rings. The van der Waals surface area contributed by atoms with Gasteiger partial charge in [-0.1, -0.05) is 25.6 Å². The molecule has 3 aromatic rings. The molecule has 0 amide bonds. The molecule has 0 spiro atoms. The maximum Gasteiger partial charge on any atom is 0.135 e. The smallest absolute Gasteiger partial charge is 0.135 e. The Hall–Kier alpha value is -2.25. The van der Waals surface area contributed by atoms with Gasteiger partial charge in [0.15, 0.2) is 0 Å². The summed E-state index contributed by atoms with van der Waals surface area (Å²) >= 11 is 1.28. The molecule has 0 aliphatic heterocycles. The van der Waals surface area contributed by atoms with Crippen molar-refractivity contribution in [1.29, 1.82) is 0 Å². The Morgan fingerprint density at radius 1 is 1.11 bits per heavy atom. The summed E-state index contributed by atoms with van der Waals surface area (Å²) in [6.07, 6.45) is 5.24. The van der Waals surface area contributed by atoms with Crippen LogP contribution in [0.2, 0.25) is 0 Å². The van der Waals surface area contributed by atoms with Crippen LogP contribution in [-0.4, -0.2) is 19.6 Å². The second-order valence-electron chi connectivity index (χ2n) is 6.85. The van der Waals surface area contributed by atoms with Crippen molar-refractivity contribution in [2.24, 2.45) is 0 Å². The van der Waals surface area contributed by atoms with Crippen LogP contribution in [0, 0.1) is 11.6 Å². The van der Waals surface area contributed by atoms with Crippen molar-refractivity contribution >= 4 is 11.8 Å². The molecule has 1 N–H and O–H groups in total. The largest absolute Gasteiger partial charge is 0.388 e. The van der Waals surface area contributed by atoms with Gasteiger partial charge in [0.1, 0.15) is 29.1 Å². The second kappa shape index (κ2) is 9.30. The molecule has 0 saturated heterocycles. The highest BCUT2D eigenvalue weighted by Crippen LogP contribution is 2.35. The number of hydrogen-bond donors (Lipinski definition) is 1. The molecule has 0 atom stereocenters. The zero-order valence-corrected chi connectivity index (χ0v) is 16.7. The van der Waals surface area contributed by atoms with Crippen molar-refractivity contribution < 1.29 is 13.9 Å². The second-order valence-corrected chi connectivity index (χ2v) is 7.91. The highest BCUT2D eigenvalue weighted by molar-refractivity contribution is 7.99. The zero-order valence-electron chi connectivity index (χ0n) is 15.9. The summed E-state index contributed by atoms with van der Waals surface area (Å²) in [4.78, 5) is 9.08. The van der Waals surface area contributed by atoms with Gasteiger partial charge in [-0.15, -0.1) is 0 Å². The highest BCUT2D eigenvalue weighted by atomic mass is 32.2. The predicted octanol–water partition coefficient (Wildman–Crippen LogP) is 4.96. The van der Waals surface area contributed by atoms with Crippen molar-refractivity contribution in [1.82, 2.24) is 14.5 Å². The maximum atomic E-state index is 13.6. The van der Waals surface area contributed by atoms with Gasteiger partial charge in [-0.2, -0.15) is 0 Å². The fraction of sp³-hybridized carbons (Fsp3) is 0.333. The van der Waals surface area contributed by atoms with Crippen molar-refractivity contribution in [3.05, 3.63) is 71.4 Å². The Bertz CT molecular complexity index is 909. The van der Waals surface area contributed by atoms with E-state index in [9.17, 15) is 13.9 Å². The van der Waals surface area contributed by atoms with Gasteiger partial charge in [0, 0.05) is 29.9 Å². The minimum Gasteiger partial charge on any atom is -0.388 e. The molecule has 3 rings (SSSR count). The normalized spacial score (nSPS) is 11.4. The van der Waals surface area contributed by atoms with Crippen LogP contribution in [0.15, 0.2) is 52.6 Å². The molecule has 4 nitrogen and oxygen atoms in total. The van der Waals surface area contributed by atoms with Gasteiger partial charge < -0.3 is 9.67 Å². The van der Waals surface area contributed by atoms with Gasteiger partial charge in [-0.05, 0) is 48.6 Å². The number of hydrogen-bond acceptors (Lipinski definition) is 4. The van der Waals surface area contributed by atoms with E-state index in [1.165, 1.54) is 29.5 Å². The Labute approximate surface area is 167 Å². The van der Waals surface area contributed by atoms with Crippen LogP contribution in [0.5, 0.6) is 0 Å². The van der Waals surface area contributed by atoms with Crippen LogP contribution in [0.25, 0.3) is 0 Å². The number of aliphatic hydroxyl groups is 1. The number of halogens is 2. The number of benzene rings is 1. The third kappa shape index (κ3) is 4.97. The van der Waals surface area contributed by atoms with Crippen LogP contribution in [-0.2, 0) is 19.6 Å². The molecule has 28 heavy (non-hydrogen) atoms. The number of pyridine rings is 1. The lowest BCUT2D eigenvalue weighted by Gasteiger charge is -2.13. The summed E-state index contributed by atoms with van der Waals surface area (Å²) in [5, 5.41) is 10.6. The molecule has 1 aromatic carbocycles. The molecule has 148 valence electrons. The molecule has 2 aromatic heterocycles. The third-order valence-electron chi connectivity index (χ3n) is 4.36.